The molecule has 0 aromatic rings. The van der Waals surface area contributed by atoms with Crippen molar-refractivity contribution in [1.82, 2.24) is 5.32 Å². The Labute approximate surface area is 68.7 Å². The molecular formula is C6H9NO3S. The van der Waals surface area contributed by atoms with Crippen LogP contribution in [0.4, 0.5) is 4.79 Å². The van der Waals surface area contributed by atoms with Crippen molar-refractivity contribution in [2.75, 3.05) is 12.0 Å². The molecule has 1 atom stereocenters. The van der Waals surface area contributed by atoms with Crippen LogP contribution in [0.1, 0.15) is 6.42 Å². The molecule has 0 aliphatic carbocycles. The predicted molar refractivity (Wildman–Crippen MR) is 41.4 cm³/mol. The van der Waals surface area contributed by atoms with Gasteiger partial charge >= 0.3 is 6.09 Å². The van der Waals surface area contributed by atoms with E-state index in [1.807, 2.05) is 6.26 Å². The van der Waals surface area contributed by atoms with Crippen LogP contribution in [0.15, 0.2) is 0 Å². The van der Waals surface area contributed by atoms with Crippen molar-refractivity contribution in [3.63, 3.8) is 0 Å². The maximum atomic E-state index is 10.8. The molecule has 1 aliphatic heterocycles. The van der Waals surface area contributed by atoms with Gasteiger partial charge in [-0.1, -0.05) is 0 Å². The number of ether oxygens (including phenoxy) is 1. The van der Waals surface area contributed by atoms with Crippen LogP contribution in [0.3, 0.4) is 0 Å². The minimum Gasteiger partial charge on any atom is -0.436 e. The lowest BCUT2D eigenvalue weighted by atomic mass is 10.3. The van der Waals surface area contributed by atoms with E-state index in [1.54, 1.807) is 11.8 Å². The van der Waals surface area contributed by atoms with E-state index in [0.29, 0.717) is 6.42 Å². The van der Waals surface area contributed by atoms with Gasteiger partial charge in [0.2, 0.25) is 0 Å². The van der Waals surface area contributed by atoms with Gasteiger partial charge in [0, 0.05) is 6.42 Å². The zero-order valence-corrected chi connectivity index (χ0v) is 6.94. The molecule has 62 valence electrons. The molecule has 0 spiro atoms. The highest BCUT2D eigenvalue weighted by atomic mass is 32.2. The van der Waals surface area contributed by atoms with Crippen LogP contribution < -0.4 is 5.32 Å². The first-order valence-electron chi connectivity index (χ1n) is 3.24. The van der Waals surface area contributed by atoms with E-state index in [4.69, 9.17) is 0 Å². The molecule has 1 unspecified atom stereocenters. The summed E-state index contributed by atoms with van der Waals surface area (Å²) in [7, 11) is 0. The highest BCUT2D eigenvalue weighted by molar-refractivity contribution is 7.98. The summed E-state index contributed by atoms with van der Waals surface area (Å²) in [6.07, 6.45) is 1.35. The molecule has 0 aromatic carbocycles. The van der Waals surface area contributed by atoms with Crippen LogP contribution in [0.5, 0.6) is 0 Å². The fourth-order valence-electron chi connectivity index (χ4n) is 0.808. The van der Waals surface area contributed by atoms with E-state index >= 15 is 0 Å². The van der Waals surface area contributed by atoms with Crippen LogP contribution in [-0.4, -0.2) is 30.1 Å². The van der Waals surface area contributed by atoms with Crippen molar-refractivity contribution in [3.8, 4) is 0 Å². The summed E-state index contributed by atoms with van der Waals surface area (Å²) in [5.41, 5.74) is 0. The highest BCUT2D eigenvalue weighted by Gasteiger charge is 2.31. The van der Waals surface area contributed by atoms with Crippen LogP contribution in [0.2, 0.25) is 0 Å². The zero-order valence-electron chi connectivity index (χ0n) is 6.12. The average molecular weight is 175 g/mol. The molecule has 1 rings (SSSR count). The Morgan fingerprint density at radius 3 is 2.82 bits per heavy atom. The Morgan fingerprint density at radius 1 is 1.64 bits per heavy atom. The second kappa shape index (κ2) is 3.61. The van der Waals surface area contributed by atoms with Gasteiger partial charge in [0.15, 0.2) is 6.10 Å². The lowest BCUT2D eigenvalue weighted by molar-refractivity contribution is -0.123. The molecule has 1 saturated heterocycles. The van der Waals surface area contributed by atoms with E-state index < -0.39 is 12.2 Å². The normalized spacial score (nSPS) is 23.2. The van der Waals surface area contributed by atoms with Gasteiger partial charge in [0.1, 0.15) is 0 Å². The van der Waals surface area contributed by atoms with Crippen molar-refractivity contribution >= 4 is 23.8 Å². The molecule has 1 fully saturated rings. The number of hydrogen-bond donors (Lipinski definition) is 1. The first kappa shape index (κ1) is 8.39. The Bertz CT molecular complexity index is 183. The molecule has 1 aliphatic rings. The van der Waals surface area contributed by atoms with Crippen molar-refractivity contribution < 1.29 is 14.3 Å². The van der Waals surface area contributed by atoms with E-state index in [0.717, 1.165) is 5.75 Å². The lowest BCUT2D eigenvalue weighted by Gasteiger charge is -2.02. The van der Waals surface area contributed by atoms with E-state index in [9.17, 15) is 9.59 Å². The molecule has 0 saturated carbocycles. The number of nitrogens with one attached hydrogen (secondary N) is 1. The van der Waals surface area contributed by atoms with Gasteiger partial charge in [-0.25, -0.2) is 4.79 Å². The van der Waals surface area contributed by atoms with Crippen LogP contribution in [0.25, 0.3) is 0 Å². The van der Waals surface area contributed by atoms with E-state index in [-0.39, 0.29) is 5.91 Å². The Kier molecular flexibility index (Phi) is 2.76. The SMILES string of the molecule is CSCCC1OC(=O)NC1=O. The van der Waals surface area contributed by atoms with Crippen molar-refractivity contribution in [1.29, 1.82) is 0 Å². The molecule has 0 bridgehead atoms. The van der Waals surface area contributed by atoms with Crippen LogP contribution >= 0.6 is 11.8 Å². The van der Waals surface area contributed by atoms with Gasteiger partial charge in [0.05, 0.1) is 0 Å². The summed E-state index contributed by atoms with van der Waals surface area (Å²) in [6, 6.07) is 0. The maximum Gasteiger partial charge on any atom is 0.414 e. The predicted octanol–water partition coefficient (Wildman–Crippen LogP) is 0.374. The molecule has 5 heteroatoms. The first-order chi connectivity index (χ1) is 5.24. The topological polar surface area (TPSA) is 55.4 Å². The molecular weight excluding hydrogens is 166 g/mol. The van der Waals surface area contributed by atoms with Crippen molar-refractivity contribution in [2.24, 2.45) is 0 Å². The summed E-state index contributed by atoms with van der Waals surface area (Å²) in [5.74, 6) is 0.509. The van der Waals surface area contributed by atoms with Gasteiger partial charge in [-0.05, 0) is 12.0 Å². The fourth-order valence-corrected chi connectivity index (χ4v) is 1.26. The first-order valence-corrected chi connectivity index (χ1v) is 4.64. The number of rotatable bonds is 3. The molecule has 2 amide bonds. The minimum atomic E-state index is -0.624. The van der Waals surface area contributed by atoms with Gasteiger partial charge in [-0.15, -0.1) is 0 Å². The van der Waals surface area contributed by atoms with E-state index in [1.165, 1.54) is 0 Å². The second-order valence-electron chi connectivity index (χ2n) is 2.16. The average Bonchev–Trinajstić information content (AvgIpc) is 2.26. The summed E-state index contributed by atoms with van der Waals surface area (Å²) in [6.45, 7) is 0. The summed E-state index contributed by atoms with van der Waals surface area (Å²) in [4.78, 5) is 21.3. The van der Waals surface area contributed by atoms with Crippen molar-refractivity contribution in [2.45, 2.75) is 12.5 Å². The second-order valence-corrected chi connectivity index (χ2v) is 3.15. The minimum absolute atomic E-state index is 0.316. The number of hydrogen-bond acceptors (Lipinski definition) is 4. The van der Waals surface area contributed by atoms with Gasteiger partial charge in [-0.2, -0.15) is 11.8 Å². The maximum absolute atomic E-state index is 10.8. The molecule has 1 N–H and O–H groups in total. The monoisotopic (exact) mass is 175 g/mol. The fraction of sp³-hybridized carbons (Fsp3) is 0.667. The number of alkyl carbamates (subject to hydrolysis) is 1. The van der Waals surface area contributed by atoms with Crippen LogP contribution in [-0.2, 0) is 9.53 Å². The zero-order chi connectivity index (χ0) is 8.27. The molecule has 0 radical (unpaired) electrons. The number of amides is 2. The Morgan fingerprint density at radius 2 is 2.36 bits per heavy atom. The molecule has 1 heterocycles. The van der Waals surface area contributed by atoms with Gasteiger partial charge < -0.3 is 4.74 Å². The Hall–Kier alpha value is -0.710. The smallest absolute Gasteiger partial charge is 0.414 e. The van der Waals surface area contributed by atoms with Gasteiger partial charge in [0.25, 0.3) is 5.91 Å². The molecule has 0 aromatic heterocycles. The number of carbonyl (C=O) groups excluding carboxylic acids is 2. The largest absolute Gasteiger partial charge is 0.436 e. The number of cyclic esters (lactones) is 1. The quantitative estimate of drug-likeness (QED) is 0.673. The van der Waals surface area contributed by atoms with Gasteiger partial charge in [-0.3, -0.25) is 10.1 Å². The van der Waals surface area contributed by atoms with Crippen molar-refractivity contribution in [3.05, 3.63) is 0 Å². The number of thioether (sulfide) groups is 1. The Balaban J connectivity index is 2.34. The summed E-state index contributed by atoms with van der Waals surface area (Å²) < 4.78 is 4.66. The standard InChI is InChI=1S/C6H9NO3S/c1-11-3-2-4-5(8)7-6(9)10-4/h4H,2-3H2,1H3,(H,7,8,9). The third kappa shape index (κ3) is 2.11. The number of imide groups is 1. The number of carbonyl (C=O) groups is 2. The summed E-state index contributed by atoms with van der Waals surface area (Å²) >= 11 is 1.62. The highest BCUT2D eigenvalue weighted by Crippen LogP contribution is 2.09. The molecule has 11 heavy (non-hydrogen) atoms. The third-order valence-corrected chi connectivity index (χ3v) is 2.00. The third-order valence-electron chi connectivity index (χ3n) is 1.35. The van der Waals surface area contributed by atoms with Crippen LogP contribution in [0, 0.1) is 0 Å². The molecule has 4 nitrogen and oxygen atoms in total. The van der Waals surface area contributed by atoms with E-state index in [2.05, 4.69) is 10.1 Å². The summed E-state index contributed by atoms with van der Waals surface area (Å²) in [5, 5.41) is 2.07. The lowest BCUT2D eigenvalue weighted by Crippen LogP contribution is -2.24.